The maximum atomic E-state index is 11.7. The van der Waals surface area contributed by atoms with E-state index in [1.54, 1.807) is 7.11 Å². The number of methoxy groups -OCH3 is 1. The summed E-state index contributed by atoms with van der Waals surface area (Å²) in [5, 5.41) is 3.08. The molecular formula is C17H23NO2. The third-order valence-corrected chi connectivity index (χ3v) is 4.64. The number of ether oxygens (including phenoxy) is 1. The molecule has 1 saturated carbocycles. The number of nitrogens with one attached hydrogen (secondary N) is 1. The number of hydrogen-bond acceptors (Lipinski definition) is 2. The summed E-state index contributed by atoms with van der Waals surface area (Å²) in [7, 11) is 1.71. The van der Waals surface area contributed by atoms with Crippen LogP contribution in [0.5, 0.6) is 5.75 Å². The van der Waals surface area contributed by atoms with E-state index in [-0.39, 0.29) is 5.91 Å². The quantitative estimate of drug-likeness (QED) is 0.894. The molecular weight excluding hydrogens is 250 g/mol. The van der Waals surface area contributed by atoms with Gasteiger partial charge in [-0.3, -0.25) is 4.79 Å². The smallest absolute Gasteiger partial charge is 0.223 e. The van der Waals surface area contributed by atoms with Crippen LogP contribution in [-0.4, -0.2) is 19.6 Å². The minimum Gasteiger partial charge on any atom is -0.497 e. The SMILES string of the molecule is COc1ccc2c(c1)C(CCNC(=O)C1CC1)CC2C. The Bertz CT molecular complexity index is 508. The van der Waals surface area contributed by atoms with Crippen LogP contribution in [-0.2, 0) is 4.79 Å². The molecule has 0 spiro atoms. The molecule has 0 saturated heterocycles. The summed E-state index contributed by atoms with van der Waals surface area (Å²) in [5.41, 5.74) is 2.86. The van der Waals surface area contributed by atoms with Crippen molar-refractivity contribution >= 4 is 5.91 Å². The second-order valence-electron chi connectivity index (χ2n) is 6.18. The van der Waals surface area contributed by atoms with Crippen molar-refractivity contribution in [3.8, 4) is 5.75 Å². The average molecular weight is 273 g/mol. The van der Waals surface area contributed by atoms with E-state index in [2.05, 4.69) is 24.4 Å². The third-order valence-electron chi connectivity index (χ3n) is 4.64. The molecule has 1 aromatic rings. The van der Waals surface area contributed by atoms with Crippen molar-refractivity contribution in [3.63, 3.8) is 0 Å². The van der Waals surface area contributed by atoms with Gasteiger partial charge in [0.1, 0.15) is 5.75 Å². The fourth-order valence-electron chi connectivity index (χ4n) is 3.30. The molecule has 3 rings (SSSR count). The maximum Gasteiger partial charge on any atom is 0.223 e. The van der Waals surface area contributed by atoms with Crippen LogP contribution >= 0.6 is 0 Å². The lowest BCUT2D eigenvalue weighted by Gasteiger charge is -2.13. The normalized spacial score (nSPS) is 24.3. The highest BCUT2D eigenvalue weighted by Gasteiger charge is 2.31. The largest absolute Gasteiger partial charge is 0.497 e. The highest BCUT2D eigenvalue weighted by atomic mass is 16.5. The fourth-order valence-corrected chi connectivity index (χ4v) is 3.30. The van der Waals surface area contributed by atoms with Gasteiger partial charge in [0.05, 0.1) is 7.11 Å². The first-order valence-electron chi connectivity index (χ1n) is 7.64. The number of rotatable bonds is 5. The summed E-state index contributed by atoms with van der Waals surface area (Å²) in [5.74, 6) is 2.66. The van der Waals surface area contributed by atoms with Gasteiger partial charge in [0.15, 0.2) is 0 Å². The summed E-state index contributed by atoms with van der Waals surface area (Å²) >= 11 is 0. The van der Waals surface area contributed by atoms with E-state index in [9.17, 15) is 4.79 Å². The number of fused-ring (bicyclic) bond motifs is 1. The first kappa shape index (κ1) is 13.5. The van der Waals surface area contributed by atoms with Crippen LogP contribution in [0.4, 0.5) is 0 Å². The number of carbonyl (C=O) groups excluding carboxylic acids is 1. The summed E-state index contributed by atoms with van der Waals surface area (Å²) in [6, 6.07) is 6.42. The van der Waals surface area contributed by atoms with Gasteiger partial charge in [-0.05, 0) is 60.8 Å². The van der Waals surface area contributed by atoms with E-state index in [0.29, 0.717) is 17.8 Å². The van der Waals surface area contributed by atoms with Gasteiger partial charge < -0.3 is 10.1 Å². The molecule has 1 amide bonds. The molecule has 3 heteroatoms. The van der Waals surface area contributed by atoms with Crippen LogP contribution in [0.2, 0.25) is 0 Å². The Morgan fingerprint density at radius 1 is 1.35 bits per heavy atom. The Morgan fingerprint density at radius 2 is 2.15 bits per heavy atom. The van der Waals surface area contributed by atoms with Crippen molar-refractivity contribution in [2.24, 2.45) is 5.92 Å². The van der Waals surface area contributed by atoms with E-state index < -0.39 is 0 Å². The second-order valence-corrected chi connectivity index (χ2v) is 6.18. The first-order chi connectivity index (χ1) is 9.69. The summed E-state index contributed by atoms with van der Waals surface area (Å²) in [6.45, 7) is 3.08. The monoisotopic (exact) mass is 273 g/mol. The Kier molecular flexibility index (Phi) is 3.68. The van der Waals surface area contributed by atoms with Crippen LogP contribution in [0.3, 0.4) is 0 Å². The molecule has 108 valence electrons. The molecule has 3 nitrogen and oxygen atoms in total. The minimum absolute atomic E-state index is 0.252. The second kappa shape index (κ2) is 5.47. The summed E-state index contributed by atoms with van der Waals surface area (Å²) in [4.78, 5) is 11.7. The molecule has 0 radical (unpaired) electrons. The van der Waals surface area contributed by atoms with E-state index in [1.807, 2.05) is 6.07 Å². The molecule has 2 aliphatic carbocycles. The van der Waals surface area contributed by atoms with Crippen LogP contribution in [0.25, 0.3) is 0 Å². The van der Waals surface area contributed by atoms with Crippen molar-refractivity contribution in [3.05, 3.63) is 29.3 Å². The Morgan fingerprint density at radius 3 is 2.85 bits per heavy atom. The third kappa shape index (κ3) is 2.67. The van der Waals surface area contributed by atoms with Crippen molar-refractivity contribution in [2.45, 2.75) is 44.4 Å². The van der Waals surface area contributed by atoms with E-state index in [1.165, 1.54) is 17.5 Å². The molecule has 0 aliphatic heterocycles. The van der Waals surface area contributed by atoms with Gasteiger partial charge in [-0.1, -0.05) is 13.0 Å². The molecule has 0 heterocycles. The molecule has 2 aliphatic rings. The number of amides is 1. The van der Waals surface area contributed by atoms with Crippen molar-refractivity contribution in [2.75, 3.05) is 13.7 Å². The summed E-state index contributed by atoms with van der Waals surface area (Å²) < 4.78 is 5.34. The number of carbonyl (C=O) groups is 1. The lowest BCUT2D eigenvalue weighted by atomic mass is 9.97. The highest BCUT2D eigenvalue weighted by molar-refractivity contribution is 5.80. The molecule has 20 heavy (non-hydrogen) atoms. The Balaban J connectivity index is 1.62. The van der Waals surface area contributed by atoms with Gasteiger partial charge >= 0.3 is 0 Å². The zero-order chi connectivity index (χ0) is 14.1. The number of benzene rings is 1. The zero-order valence-corrected chi connectivity index (χ0v) is 12.3. The predicted octanol–water partition coefficient (Wildman–Crippen LogP) is 3.20. The van der Waals surface area contributed by atoms with Crippen molar-refractivity contribution < 1.29 is 9.53 Å². The number of hydrogen-bond donors (Lipinski definition) is 1. The van der Waals surface area contributed by atoms with Gasteiger partial charge in [-0.15, -0.1) is 0 Å². The van der Waals surface area contributed by atoms with E-state index in [4.69, 9.17) is 4.74 Å². The van der Waals surface area contributed by atoms with Crippen molar-refractivity contribution in [1.82, 2.24) is 5.32 Å². The van der Waals surface area contributed by atoms with Gasteiger partial charge in [-0.2, -0.15) is 0 Å². The molecule has 2 unspecified atom stereocenters. The molecule has 1 fully saturated rings. The molecule has 0 bridgehead atoms. The van der Waals surface area contributed by atoms with Crippen LogP contribution in [0.15, 0.2) is 18.2 Å². The van der Waals surface area contributed by atoms with Crippen LogP contribution in [0.1, 0.15) is 55.6 Å². The van der Waals surface area contributed by atoms with E-state index in [0.717, 1.165) is 31.6 Å². The van der Waals surface area contributed by atoms with Crippen LogP contribution < -0.4 is 10.1 Å². The van der Waals surface area contributed by atoms with E-state index >= 15 is 0 Å². The van der Waals surface area contributed by atoms with Crippen molar-refractivity contribution in [1.29, 1.82) is 0 Å². The fraction of sp³-hybridized carbons (Fsp3) is 0.588. The summed E-state index contributed by atoms with van der Waals surface area (Å²) in [6.07, 6.45) is 4.36. The lowest BCUT2D eigenvalue weighted by Crippen LogP contribution is -2.26. The highest BCUT2D eigenvalue weighted by Crippen LogP contribution is 2.44. The van der Waals surface area contributed by atoms with Gasteiger partial charge in [-0.25, -0.2) is 0 Å². The molecule has 0 aromatic heterocycles. The molecule has 1 aromatic carbocycles. The predicted molar refractivity (Wildman–Crippen MR) is 79.1 cm³/mol. The lowest BCUT2D eigenvalue weighted by molar-refractivity contribution is -0.122. The molecule has 2 atom stereocenters. The van der Waals surface area contributed by atoms with Crippen LogP contribution in [0, 0.1) is 5.92 Å². The van der Waals surface area contributed by atoms with Gasteiger partial charge in [0, 0.05) is 12.5 Å². The Labute approximate surface area is 120 Å². The van der Waals surface area contributed by atoms with Gasteiger partial charge in [0.2, 0.25) is 5.91 Å². The zero-order valence-electron chi connectivity index (χ0n) is 12.3. The standard InChI is InChI=1S/C17H23NO2/c1-11-9-13(7-8-18-17(19)12-3-4-12)16-10-14(20-2)5-6-15(11)16/h5-6,10-13H,3-4,7-9H2,1-2H3,(H,18,19). The average Bonchev–Trinajstić information content (AvgIpc) is 3.25. The Hall–Kier alpha value is -1.51. The van der Waals surface area contributed by atoms with Gasteiger partial charge in [0.25, 0.3) is 0 Å². The topological polar surface area (TPSA) is 38.3 Å². The minimum atomic E-state index is 0.252. The molecule has 1 N–H and O–H groups in total. The first-order valence-corrected chi connectivity index (χ1v) is 7.64. The maximum absolute atomic E-state index is 11.7.